The molecule has 5 heteroatoms. The van der Waals surface area contributed by atoms with E-state index in [0.717, 1.165) is 11.1 Å². The Kier molecular flexibility index (Phi) is 4.16. The van der Waals surface area contributed by atoms with E-state index < -0.39 is 5.63 Å². The van der Waals surface area contributed by atoms with Crippen molar-refractivity contribution in [3.8, 4) is 22.6 Å². The standard InChI is InChI=1S/C26H24O5/c1-6-13(2)21(28)19-22(29-5)18-20-25(26(20,3)4)31-23(18)17-15(12-16(27)30-24(17)19)14-10-8-7-9-11-14/h6-12,20,25H,1-5H3. The average Bonchev–Trinajstić information content (AvgIpc) is 3.10. The van der Waals surface area contributed by atoms with Gasteiger partial charge in [-0.2, -0.15) is 0 Å². The van der Waals surface area contributed by atoms with Crippen molar-refractivity contribution in [3.05, 3.63) is 69.6 Å². The molecule has 1 saturated carbocycles. The van der Waals surface area contributed by atoms with Crippen molar-refractivity contribution < 1.29 is 18.7 Å². The average molecular weight is 416 g/mol. The minimum atomic E-state index is -0.524. The molecule has 1 fully saturated rings. The fourth-order valence-corrected chi connectivity index (χ4v) is 4.83. The van der Waals surface area contributed by atoms with Crippen LogP contribution in [0.15, 0.2) is 57.3 Å². The van der Waals surface area contributed by atoms with Crippen LogP contribution >= 0.6 is 0 Å². The number of allylic oxidation sites excluding steroid dienone is 2. The van der Waals surface area contributed by atoms with Crippen LogP contribution < -0.4 is 15.1 Å². The van der Waals surface area contributed by atoms with Crippen LogP contribution in [0.1, 0.15) is 49.5 Å². The first-order chi connectivity index (χ1) is 14.8. The van der Waals surface area contributed by atoms with Crippen molar-refractivity contribution >= 4 is 16.8 Å². The summed E-state index contributed by atoms with van der Waals surface area (Å²) in [5.74, 6) is 0.996. The van der Waals surface area contributed by atoms with Gasteiger partial charge in [-0.1, -0.05) is 50.3 Å². The highest BCUT2D eigenvalue weighted by Gasteiger charge is 2.67. The van der Waals surface area contributed by atoms with Crippen LogP contribution in [-0.2, 0) is 0 Å². The molecule has 2 heterocycles. The van der Waals surface area contributed by atoms with Gasteiger partial charge in [-0.25, -0.2) is 4.79 Å². The molecule has 0 bridgehead atoms. The Hall–Kier alpha value is -3.34. The predicted molar refractivity (Wildman–Crippen MR) is 119 cm³/mol. The Morgan fingerprint density at radius 2 is 1.90 bits per heavy atom. The van der Waals surface area contributed by atoms with Gasteiger partial charge in [-0.3, -0.25) is 4.79 Å². The number of Topliss-reactive ketones (excluding diaryl/α,β-unsaturated/α-hetero) is 1. The second-order valence-corrected chi connectivity index (χ2v) is 8.84. The van der Waals surface area contributed by atoms with Crippen molar-refractivity contribution in [2.24, 2.45) is 5.41 Å². The largest absolute Gasteiger partial charge is 0.495 e. The zero-order chi connectivity index (χ0) is 22.1. The van der Waals surface area contributed by atoms with Crippen LogP contribution in [0.2, 0.25) is 0 Å². The molecule has 0 N–H and O–H groups in total. The minimum absolute atomic E-state index is 0.00307. The number of rotatable bonds is 4. The number of carbonyl (C=O) groups excluding carboxylic acids is 1. The summed E-state index contributed by atoms with van der Waals surface area (Å²) in [6.45, 7) is 7.86. The third-order valence-corrected chi connectivity index (χ3v) is 6.72. The number of benzene rings is 2. The SMILES string of the molecule is CC=C(C)C(=O)c1c(OC)c2c(c3c(-c4ccccc4)cc(=O)oc13)OC1C2C1(C)C. The molecule has 0 radical (unpaired) electrons. The summed E-state index contributed by atoms with van der Waals surface area (Å²) >= 11 is 0. The van der Waals surface area contributed by atoms with E-state index >= 15 is 0 Å². The van der Waals surface area contributed by atoms with Gasteiger partial charge in [-0.05, 0) is 25.0 Å². The Labute approximate surface area is 180 Å². The van der Waals surface area contributed by atoms with E-state index in [1.165, 1.54) is 6.07 Å². The monoisotopic (exact) mass is 416 g/mol. The molecule has 2 unspecified atom stereocenters. The third kappa shape index (κ3) is 2.62. The molecule has 2 aliphatic rings. The van der Waals surface area contributed by atoms with Gasteiger partial charge in [0.2, 0.25) is 0 Å². The number of hydrogen-bond acceptors (Lipinski definition) is 5. The van der Waals surface area contributed by atoms with Crippen LogP contribution in [0.25, 0.3) is 22.1 Å². The molecular formula is C26H24O5. The highest BCUT2D eigenvalue weighted by molar-refractivity contribution is 6.19. The lowest BCUT2D eigenvalue weighted by atomic mass is 9.90. The van der Waals surface area contributed by atoms with Gasteiger partial charge < -0.3 is 13.9 Å². The molecule has 5 rings (SSSR count). The normalized spacial score (nSPS) is 20.7. The number of hydrogen-bond donors (Lipinski definition) is 0. The summed E-state index contributed by atoms with van der Waals surface area (Å²) in [5.41, 5.74) is 2.92. The first-order valence-electron chi connectivity index (χ1n) is 10.4. The van der Waals surface area contributed by atoms with Crippen molar-refractivity contribution in [2.45, 2.75) is 39.7 Å². The van der Waals surface area contributed by atoms with E-state index in [-0.39, 0.29) is 34.4 Å². The number of methoxy groups -OCH3 is 1. The molecule has 1 aliphatic carbocycles. The Bertz CT molecular complexity index is 1330. The molecule has 1 aromatic heterocycles. The van der Waals surface area contributed by atoms with Gasteiger partial charge >= 0.3 is 5.63 Å². The van der Waals surface area contributed by atoms with E-state index in [9.17, 15) is 9.59 Å². The van der Waals surface area contributed by atoms with E-state index in [1.807, 2.05) is 37.3 Å². The van der Waals surface area contributed by atoms with Crippen LogP contribution in [0, 0.1) is 5.41 Å². The summed E-state index contributed by atoms with van der Waals surface area (Å²) in [6, 6.07) is 11.1. The van der Waals surface area contributed by atoms with Gasteiger partial charge in [0.05, 0.1) is 12.5 Å². The molecule has 0 amide bonds. The summed E-state index contributed by atoms with van der Waals surface area (Å²) in [4.78, 5) is 26.1. The number of ether oxygens (including phenoxy) is 2. The molecule has 31 heavy (non-hydrogen) atoms. The first-order valence-corrected chi connectivity index (χ1v) is 10.4. The van der Waals surface area contributed by atoms with Gasteiger partial charge in [0.15, 0.2) is 11.4 Å². The minimum Gasteiger partial charge on any atom is -0.495 e. The summed E-state index contributed by atoms with van der Waals surface area (Å²) in [5, 5.41) is 0.650. The third-order valence-electron chi connectivity index (χ3n) is 6.72. The summed E-state index contributed by atoms with van der Waals surface area (Å²) in [6.07, 6.45) is 1.75. The van der Waals surface area contributed by atoms with Crippen LogP contribution in [0.4, 0.5) is 0 Å². The second kappa shape index (κ2) is 6.58. The predicted octanol–water partition coefficient (Wildman–Crippen LogP) is 5.50. The molecule has 1 aliphatic heterocycles. The zero-order valence-corrected chi connectivity index (χ0v) is 18.2. The Morgan fingerprint density at radius 3 is 2.55 bits per heavy atom. The quantitative estimate of drug-likeness (QED) is 0.319. The van der Waals surface area contributed by atoms with Crippen molar-refractivity contribution in [2.75, 3.05) is 7.11 Å². The Balaban J connectivity index is 1.97. The number of carbonyl (C=O) groups is 1. The van der Waals surface area contributed by atoms with E-state index in [2.05, 4.69) is 13.8 Å². The van der Waals surface area contributed by atoms with Gasteiger partial charge in [0.25, 0.3) is 0 Å². The molecule has 5 nitrogen and oxygen atoms in total. The lowest BCUT2D eigenvalue weighted by Crippen LogP contribution is -2.12. The van der Waals surface area contributed by atoms with Crippen molar-refractivity contribution in [1.82, 2.24) is 0 Å². The fourth-order valence-electron chi connectivity index (χ4n) is 4.83. The molecule has 2 atom stereocenters. The van der Waals surface area contributed by atoms with Crippen molar-refractivity contribution in [1.29, 1.82) is 0 Å². The van der Waals surface area contributed by atoms with Crippen LogP contribution in [0.3, 0.4) is 0 Å². The second-order valence-electron chi connectivity index (χ2n) is 8.84. The van der Waals surface area contributed by atoms with Gasteiger partial charge in [0, 0.05) is 28.5 Å². The van der Waals surface area contributed by atoms with E-state index in [0.29, 0.717) is 28.0 Å². The van der Waals surface area contributed by atoms with E-state index in [4.69, 9.17) is 13.9 Å². The first kappa shape index (κ1) is 19.6. The lowest BCUT2D eigenvalue weighted by molar-refractivity contribution is 0.103. The number of fused-ring (bicyclic) bond motifs is 5. The van der Waals surface area contributed by atoms with Gasteiger partial charge in [0.1, 0.15) is 23.2 Å². The van der Waals surface area contributed by atoms with Crippen LogP contribution in [0.5, 0.6) is 11.5 Å². The topological polar surface area (TPSA) is 65.7 Å². The van der Waals surface area contributed by atoms with Crippen LogP contribution in [-0.4, -0.2) is 19.0 Å². The van der Waals surface area contributed by atoms with Gasteiger partial charge in [-0.15, -0.1) is 0 Å². The van der Waals surface area contributed by atoms with E-state index in [1.54, 1.807) is 20.1 Å². The number of ketones is 1. The highest BCUT2D eigenvalue weighted by Crippen LogP contribution is 2.70. The smallest absolute Gasteiger partial charge is 0.336 e. The molecule has 2 aromatic carbocycles. The maximum absolute atomic E-state index is 13.5. The maximum Gasteiger partial charge on any atom is 0.336 e. The Morgan fingerprint density at radius 1 is 1.19 bits per heavy atom. The molecule has 0 saturated heterocycles. The molecule has 3 aromatic rings. The maximum atomic E-state index is 13.5. The summed E-state index contributed by atoms with van der Waals surface area (Å²) in [7, 11) is 1.55. The fraction of sp³-hybridized carbons (Fsp3) is 0.308. The summed E-state index contributed by atoms with van der Waals surface area (Å²) < 4.78 is 17.9. The molecule has 0 spiro atoms. The molecule has 158 valence electrons. The zero-order valence-electron chi connectivity index (χ0n) is 18.2. The van der Waals surface area contributed by atoms with Crippen molar-refractivity contribution in [3.63, 3.8) is 0 Å². The lowest BCUT2D eigenvalue weighted by Gasteiger charge is -2.21. The highest BCUT2D eigenvalue weighted by atomic mass is 16.5. The molecular weight excluding hydrogens is 392 g/mol.